The fourth-order valence-electron chi connectivity index (χ4n) is 2.08. The second-order valence-electron chi connectivity index (χ2n) is 5.58. The number of nitrogens with one attached hydrogen (secondary N) is 2. The molecule has 0 unspecified atom stereocenters. The zero-order valence-corrected chi connectivity index (χ0v) is 16.1. The van der Waals surface area contributed by atoms with Gasteiger partial charge in [-0.15, -0.1) is 10.2 Å². The average Bonchev–Trinajstić information content (AvgIpc) is 3.30. The first-order valence-electron chi connectivity index (χ1n) is 7.90. The van der Waals surface area contributed by atoms with Gasteiger partial charge in [-0.25, -0.2) is 0 Å². The minimum absolute atomic E-state index is 0.0760. The van der Waals surface area contributed by atoms with Gasteiger partial charge in [0.15, 0.2) is 4.34 Å². The number of anilines is 3. The molecule has 3 aromatic rings. The SMILES string of the molecule is CN(C)c1ccc(NC(=O)CSc2nnc(NCc3ccco3)s2)cc1. The monoisotopic (exact) mass is 389 g/mol. The predicted molar refractivity (Wildman–Crippen MR) is 106 cm³/mol. The van der Waals surface area contributed by atoms with Crippen LogP contribution in [0.1, 0.15) is 5.76 Å². The summed E-state index contributed by atoms with van der Waals surface area (Å²) >= 11 is 2.77. The first kappa shape index (κ1) is 18.3. The Morgan fingerprint density at radius 2 is 2.04 bits per heavy atom. The molecule has 1 amide bonds. The molecule has 0 aliphatic carbocycles. The maximum atomic E-state index is 12.1. The van der Waals surface area contributed by atoms with Crippen LogP contribution in [-0.2, 0) is 11.3 Å². The van der Waals surface area contributed by atoms with E-state index in [2.05, 4.69) is 20.8 Å². The Morgan fingerprint density at radius 1 is 1.23 bits per heavy atom. The molecule has 26 heavy (non-hydrogen) atoms. The number of nitrogens with zero attached hydrogens (tertiary/aromatic N) is 3. The number of benzene rings is 1. The van der Waals surface area contributed by atoms with Crippen LogP contribution in [0, 0.1) is 0 Å². The summed E-state index contributed by atoms with van der Waals surface area (Å²) in [5.74, 6) is 1.03. The smallest absolute Gasteiger partial charge is 0.234 e. The third-order valence-corrected chi connectivity index (χ3v) is 5.41. The van der Waals surface area contributed by atoms with Crippen LogP contribution in [0.4, 0.5) is 16.5 Å². The van der Waals surface area contributed by atoms with E-state index >= 15 is 0 Å². The molecule has 0 saturated heterocycles. The Hall–Kier alpha value is -2.52. The number of furan rings is 1. The van der Waals surface area contributed by atoms with Crippen molar-refractivity contribution in [3.63, 3.8) is 0 Å². The van der Waals surface area contributed by atoms with Gasteiger partial charge >= 0.3 is 0 Å². The van der Waals surface area contributed by atoms with E-state index in [1.165, 1.54) is 23.1 Å². The van der Waals surface area contributed by atoms with Crippen LogP contribution in [0.5, 0.6) is 0 Å². The Bertz CT molecular complexity index is 831. The summed E-state index contributed by atoms with van der Waals surface area (Å²) in [6, 6.07) is 11.4. The van der Waals surface area contributed by atoms with Crippen molar-refractivity contribution >= 4 is 45.5 Å². The molecule has 3 rings (SSSR count). The summed E-state index contributed by atoms with van der Waals surface area (Å²) in [7, 11) is 3.95. The van der Waals surface area contributed by atoms with Crippen molar-refractivity contribution < 1.29 is 9.21 Å². The minimum Gasteiger partial charge on any atom is -0.467 e. The van der Waals surface area contributed by atoms with Crippen molar-refractivity contribution in [1.82, 2.24) is 10.2 Å². The third kappa shape index (κ3) is 5.24. The lowest BCUT2D eigenvalue weighted by Gasteiger charge is -2.12. The molecule has 0 spiro atoms. The van der Waals surface area contributed by atoms with Crippen LogP contribution >= 0.6 is 23.1 Å². The van der Waals surface area contributed by atoms with E-state index in [0.29, 0.717) is 11.7 Å². The van der Waals surface area contributed by atoms with Gasteiger partial charge in [0.2, 0.25) is 11.0 Å². The summed E-state index contributed by atoms with van der Waals surface area (Å²) < 4.78 is 5.99. The van der Waals surface area contributed by atoms with Crippen LogP contribution < -0.4 is 15.5 Å². The summed E-state index contributed by atoms with van der Waals surface area (Å²) in [6.07, 6.45) is 1.63. The van der Waals surface area contributed by atoms with Crippen LogP contribution in [0.3, 0.4) is 0 Å². The van der Waals surface area contributed by atoms with Crippen LogP contribution in [0.2, 0.25) is 0 Å². The molecule has 0 aliphatic heterocycles. The van der Waals surface area contributed by atoms with Crippen molar-refractivity contribution in [2.24, 2.45) is 0 Å². The van der Waals surface area contributed by atoms with Crippen molar-refractivity contribution in [3.8, 4) is 0 Å². The second-order valence-corrected chi connectivity index (χ2v) is 7.78. The highest BCUT2D eigenvalue weighted by Gasteiger charge is 2.09. The molecule has 0 atom stereocenters. The average molecular weight is 390 g/mol. The standard InChI is InChI=1S/C17H19N5O2S2/c1-22(2)13-7-5-12(6-8-13)19-15(23)11-25-17-21-20-16(26-17)18-10-14-4-3-9-24-14/h3-9H,10-11H2,1-2H3,(H,18,20)(H,19,23). The number of rotatable bonds is 8. The molecular weight excluding hydrogens is 370 g/mol. The molecule has 1 aromatic carbocycles. The van der Waals surface area contributed by atoms with Crippen LogP contribution in [0.25, 0.3) is 0 Å². The van der Waals surface area contributed by atoms with E-state index in [0.717, 1.165) is 21.5 Å². The molecule has 0 aliphatic rings. The summed E-state index contributed by atoms with van der Waals surface area (Å²) in [6.45, 7) is 0.551. The molecule has 9 heteroatoms. The summed E-state index contributed by atoms with van der Waals surface area (Å²) in [4.78, 5) is 14.1. The predicted octanol–water partition coefficient (Wildman–Crippen LogP) is 3.54. The van der Waals surface area contributed by atoms with Gasteiger partial charge < -0.3 is 20.0 Å². The number of amides is 1. The highest BCUT2D eigenvalue weighted by molar-refractivity contribution is 8.01. The third-order valence-electron chi connectivity index (χ3n) is 3.39. The van der Waals surface area contributed by atoms with E-state index in [4.69, 9.17) is 4.42 Å². The maximum absolute atomic E-state index is 12.1. The van der Waals surface area contributed by atoms with Crippen molar-refractivity contribution in [2.45, 2.75) is 10.9 Å². The highest BCUT2D eigenvalue weighted by Crippen LogP contribution is 2.26. The Labute approximate surface area is 159 Å². The lowest BCUT2D eigenvalue weighted by atomic mass is 10.2. The van der Waals surface area contributed by atoms with Gasteiger partial charge in [-0.1, -0.05) is 23.1 Å². The number of aromatic nitrogens is 2. The zero-order valence-electron chi connectivity index (χ0n) is 14.4. The Morgan fingerprint density at radius 3 is 2.73 bits per heavy atom. The number of carbonyl (C=O) groups is 1. The van der Waals surface area contributed by atoms with Gasteiger partial charge in [-0.3, -0.25) is 4.79 Å². The summed E-state index contributed by atoms with van der Waals surface area (Å²) in [5.41, 5.74) is 1.86. The summed E-state index contributed by atoms with van der Waals surface area (Å²) in [5, 5.41) is 14.9. The number of carbonyl (C=O) groups excluding carboxylic acids is 1. The first-order valence-corrected chi connectivity index (χ1v) is 9.70. The van der Waals surface area contributed by atoms with Crippen molar-refractivity contribution in [1.29, 1.82) is 0 Å². The van der Waals surface area contributed by atoms with Crippen molar-refractivity contribution in [3.05, 3.63) is 48.4 Å². The molecule has 2 N–H and O–H groups in total. The van der Waals surface area contributed by atoms with Gasteiger partial charge in [0.1, 0.15) is 5.76 Å². The molecule has 2 aromatic heterocycles. The fourth-order valence-corrected chi connectivity index (χ4v) is 3.63. The minimum atomic E-state index is -0.0760. The lowest BCUT2D eigenvalue weighted by Crippen LogP contribution is -2.14. The highest BCUT2D eigenvalue weighted by atomic mass is 32.2. The van der Waals surface area contributed by atoms with E-state index in [1.807, 2.05) is 55.4 Å². The fraction of sp³-hybridized carbons (Fsp3) is 0.235. The Balaban J connectivity index is 1.44. The second kappa shape index (κ2) is 8.72. The van der Waals surface area contributed by atoms with E-state index < -0.39 is 0 Å². The number of hydrogen-bond donors (Lipinski definition) is 2. The molecule has 2 heterocycles. The molecule has 0 saturated carbocycles. The number of thioether (sulfide) groups is 1. The van der Waals surface area contributed by atoms with E-state index in [9.17, 15) is 4.79 Å². The molecule has 7 nitrogen and oxygen atoms in total. The zero-order chi connectivity index (χ0) is 18.4. The number of hydrogen-bond acceptors (Lipinski definition) is 8. The Kier molecular flexibility index (Phi) is 6.13. The van der Waals surface area contributed by atoms with Gasteiger partial charge in [0, 0.05) is 25.5 Å². The van der Waals surface area contributed by atoms with E-state index in [-0.39, 0.29) is 11.7 Å². The normalized spacial score (nSPS) is 10.5. The van der Waals surface area contributed by atoms with Gasteiger partial charge in [0.25, 0.3) is 0 Å². The van der Waals surface area contributed by atoms with Gasteiger partial charge in [0.05, 0.1) is 18.6 Å². The van der Waals surface area contributed by atoms with Gasteiger partial charge in [-0.2, -0.15) is 0 Å². The quantitative estimate of drug-likeness (QED) is 0.570. The largest absolute Gasteiger partial charge is 0.467 e. The molecular formula is C17H19N5O2S2. The first-order chi connectivity index (χ1) is 12.6. The lowest BCUT2D eigenvalue weighted by molar-refractivity contribution is -0.113. The van der Waals surface area contributed by atoms with Crippen LogP contribution in [0.15, 0.2) is 51.4 Å². The molecule has 0 fully saturated rings. The molecule has 0 radical (unpaired) electrons. The molecule has 0 bridgehead atoms. The van der Waals surface area contributed by atoms with Crippen molar-refractivity contribution in [2.75, 3.05) is 35.4 Å². The maximum Gasteiger partial charge on any atom is 0.234 e. The van der Waals surface area contributed by atoms with E-state index in [1.54, 1.807) is 6.26 Å². The molecule has 136 valence electrons. The topological polar surface area (TPSA) is 83.3 Å². The van der Waals surface area contributed by atoms with Gasteiger partial charge in [-0.05, 0) is 36.4 Å². The van der Waals surface area contributed by atoms with Crippen LogP contribution in [-0.4, -0.2) is 36.0 Å².